The van der Waals surface area contributed by atoms with E-state index in [0.29, 0.717) is 6.54 Å². The van der Waals surface area contributed by atoms with Crippen molar-refractivity contribution in [1.29, 1.82) is 0 Å². The first kappa shape index (κ1) is 14.4. The zero-order chi connectivity index (χ0) is 13.7. The zero-order valence-corrected chi connectivity index (χ0v) is 12.4. The van der Waals surface area contributed by atoms with Crippen molar-refractivity contribution in [2.75, 3.05) is 24.6 Å². The van der Waals surface area contributed by atoms with Crippen LogP contribution in [-0.4, -0.2) is 46.3 Å². The highest BCUT2D eigenvalue weighted by Gasteiger charge is 2.19. The van der Waals surface area contributed by atoms with Gasteiger partial charge in [-0.15, -0.1) is 0 Å². The van der Waals surface area contributed by atoms with Gasteiger partial charge < -0.3 is 10.6 Å². The standard InChI is InChI=1S/C13H22N4OS/c1-10-8-11(2)17(16-10)6-3-4-15-13(18)12-9-19-7-5-14-12/h8,12,14H,3-7,9H2,1-2H3,(H,15,18). The summed E-state index contributed by atoms with van der Waals surface area (Å²) in [6.45, 7) is 6.54. The Kier molecular flexibility index (Phi) is 5.27. The van der Waals surface area contributed by atoms with Crippen LogP contribution in [0.2, 0.25) is 0 Å². The van der Waals surface area contributed by atoms with Crippen molar-refractivity contribution in [3.8, 4) is 0 Å². The van der Waals surface area contributed by atoms with Gasteiger partial charge in [0.15, 0.2) is 0 Å². The Hall–Kier alpha value is -1.01. The molecule has 2 rings (SSSR count). The van der Waals surface area contributed by atoms with Gasteiger partial charge in [-0.3, -0.25) is 9.48 Å². The fourth-order valence-electron chi connectivity index (χ4n) is 2.20. The molecule has 0 bridgehead atoms. The summed E-state index contributed by atoms with van der Waals surface area (Å²) in [5.41, 5.74) is 2.22. The number of hydrogen-bond acceptors (Lipinski definition) is 4. The Bertz CT molecular complexity index is 426. The molecule has 1 saturated heterocycles. The molecule has 1 fully saturated rings. The van der Waals surface area contributed by atoms with Crippen molar-refractivity contribution in [1.82, 2.24) is 20.4 Å². The van der Waals surface area contributed by atoms with Crippen molar-refractivity contribution < 1.29 is 4.79 Å². The maximum atomic E-state index is 11.9. The average molecular weight is 282 g/mol. The molecule has 1 unspecified atom stereocenters. The van der Waals surface area contributed by atoms with E-state index in [1.807, 2.05) is 23.4 Å². The first-order chi connectivity index (χ1) is 9.16. The largest absolute Gasteiger partial charge is 0.355 e. The third kappa shape index (κ3) is 4.24. The topological polar surface area (TPSA) is 59.0 Å². The van der Waals surface area contributed by atoms with Gasteiger partial charge in [-0.1, -0.05) is 0 Å². The minimum atomic E-state index is -0.0209. The van der Waals surface area contributed by atoms with Crippen LogP contribution in [0, 0.1) is 13.8 Å². The molecule has 0 radical (unpaired) electrons. The van der Waals surface area contributed by atoms with Gasteiger partial charge in [0.25, 0.3) is 0 Å². The minimum absolute atomic E-state index is 0.0209. The molecule has 0 aliphatic carbocycles. The summed E-state index contributed by atoms with van der Waals surface area (Å²) in [6.07, 6.45) is 0.910. The number of carbonyl (C=O) groups is 1. The van der Waals surface area contributed by atoms with Gasteiger partial charge in [-0.05, 0) is 26.3 Å². The molecule has 2 heterocycles. The van der Waals surface area contributed by atoms with Crippen LogP contribution < -0.4 is 10.6 Å². The molecular weight excluding hydrogens is 260 g/mol. The molecule has 1 aromatic rings. The van der Waals surface area contributed by atoms with Crippen LogP contribution in [0.3, 0.4) is 0 Å². The van der Waals surface area contributed by atoms with E-state index in [1.165, 1.54) is 5.69 Å². The molecular formula is C13H22N4OS. The number of carbonyl (C=O) groups excluding carboxylic acids is 1. The number of thioether (sulfide) groups is 1. The maximum Gasteiger partial charge on any atom is 0.237 e. The maximum absolute atomic E-state index is 11.9. The lowest BCUT2D eigenvalue weighted by atomic mass is 10.3. The first-order valence-electron chi connectivity index (χ1n) is 6.76. The molecule has 1 aromatic heterocycles. The van der Waals surface area contributed by atoms with Gasteiger partial charge in [0.05, 0.1) is 11.7 Å². The molecule has 1 atom stereocenters. The molecule has 1 aliphatic rings. The van der Waals surface area contributed by atoms with Gasteiger partial charge in [0.1, 0.15) is 0 Å². The monoisotopic (exact) mass is 282 g/mol. The first-order valence-corrected chi connectivity index (χ1v) is 7.92. The summed E-state index contributed by atoms with van der Waals surface area (Å²) in [7, 11) is 0. The van der Waals surface area contributed by atoms with E-state index >= 15 is 0 Å². The molecule has 2 N–H and O–H groups in total. The van der Waals surface area contributed by atoms with Crippen molar-refractivity contribution in [2.24, 2.45) is 0 Å². The molecule has 1 amide bonds. The predicted octanol–water partition coefficient (Wildman–Crippen LogP) is 0.711. The number of hydrogen-bond donors (Lipinski definition) is 2. The highest BCUT2D eigenvalue weighted by molar-refractivity contribution is 7.99. The molecule has 106 valence electrons. The predicted molar refractivity (Wildman–Crippen MR) is 78.4 cm³/mol. The smallest absolute Gasteiger partial charge is 0.237 e. The normalized spacial score (nSPS) is 19.4. The van der Waals surface area contributed by atoms with E-state index in [-0.39, 0.29) is 11.9 Å². The quantitative estimate of drug-likeness (QED) is 0.781. The van der Waals surface area contributed by atoms with Crippen LogP contribution in [0.4, 0.5) is 0 Å². The summed E-state index contributed by atoms with van der Waals surface area (Å²) in [5.74, 6) is 2.10. The van der Waals surface area contributed by atoms with E-state index in [9.17, 15) is 4.79 Å². The summed E-state index contributed by atoms with van der Waals surface area (Å²) in [6, 6.07) is 2.05. The Morgan fingerprint density at radius 3 is 3.11 bits per heavy atom. The highest BCUT2D eigenvalue weighted by atomic mass is 32.2. The number of nitrogens with one attached hydrogen (secondary N) is 2. The molecule has 6 heteroatoms. The molecule has 5 nitrogen and oxygen atoms in total. The van der Waals surface area contributed by atoms with Crippen LogP contribution in [0.5, 0.6) is 0 Å². The van der Waals surface area contributed by atoms with Crippen molar-refractivity contribution in [3.63, 3.8) is 0 Å². The van der Waals surface area contributed by atoms with E-state index in [2.05, 4.69) is 28.7 Å². The molecule has 19 heavy (non-hydrogen) atoms. The van der Waals surface area contributed by atoms with E-state index < -0.39 is 0 Å². The van der Waals surface area contributed by atoms with E-state index in [1.54, 1.807) is 0 Å². The van der Waals surface area contributed by atoms with Crippen LogP contribution in [0.1, 0.15) is 17.8 Å². The SMILES string of the molecule is Cc1cc(C)n(CCCNC(=O)C2CSCCN2)n1. The summed E-state index contributed by atoms with van der Waals surface area (Å²) < 4.78 is 2.00. The molecule has 0 saturated carbocycles. The van der Waals surface area contributed by atoms with Crippen molar-refractivity contribution in [2.45, 2.75) is 32.9 Å². The molecule has 0 aromatic carbocycles. The minimum Gasteiger partial charge on any atom is -0.355 e. The number of aromatic nitrogens is 2. The second kappa shape index (κ2) is 6.96. The number of aryl methyl sites for hydroxylation is 3. The lowest BCUT2D eigenvalue weighted by molar-refractivity contribution is -0.122. The van der Waals surface area contributed by atoms with Crippen molar-refractivity contribution >= 4 is 17.7 Å². The van der Waals surface area contributed by atoms with Crippen LogP contribution in [0.25, 0.3) is 0 Å². The summed E-state index contributed by atoms with van der Waals surface area (Å²) >= 11 is 1.83. The van der Waals surface area contributed by atoms with Gasteiger partial charge in [0, 0.05) is 36.8 Å². The Balaban J connectivity index is 1.66. The fraction of sp³-hybridized carbons (Fsp3) is 0.692. The summed E-state index contributed by atoms with van der Waals surface area (Å²) in [4.78, 5) is 11.9. The Labute approximate surface area is 118 Å². The van der Waals surface area contributed by atoms with E-state index in [4.69, 9.17) is 0 Å². The second-order valence-electron chi connectivity index (χ2n) is 4.88. The Morgan fingerprint density at radius 2 is 2.47 bits per heavy atom. The van der Waals surface area contributed by atoms with Crippen LogP contribution in [-0.2, 0) is 11.3 Å². The lowest BCUT2D eigenvalue weighted by Gasteiger charge is -2.22. The van der Waals surface area contributed by atoms with Gasteiger partial charge in [-0.25, -0.2) is 0 Å². The fourth-order valence-corrected chi connectivity index (χ4v) is 3.13. The van der Waals surface area contributed by atoms with Gasteiger partial charge in [-0.2, -0.15) is 16.9 Å². The number of rotatable bonds is 5. The Morgan fingerprint density at radius 1 is 1.63 bits per heavy atom. The molecule has 0 spiro atoms. The van der Waals surface area contributed by atoms with Crippen LogP contribution in [0.15, 0.2) is 6.07 Å². The van der Waals surface area contributed by atoms with E-state index in [0.717, 1.165) is 36.7 Å². The number of amides is 1. The third-order valence-corrected chi connectivity index (χ3v) is 4.25. The summed E-state index contributed by atoms with van der Waals surface area (Å²) in [5, 5.41) is 10.6. The lowest BCUT2D eigenvalue weighted by Crippen LogP contribution is -2.49. The highest BCUT2D eigenvalue weighted by Crippen LogP contribution is 2.07. The molecule has 1 aliphatic heterocycles. The number of nitrogens with zero attached hydrogens (tertiary/aromatic N) is 2. The third-order valence-electron chi connectivity index (χ3n) is 3.19. The van der Waals surface area contributed by atoms with Gasteiger partial charge in [0.2, 0.25) is 5.91 Å². The van der Waals surface area contributed by atoms with Gasteiger partial charge >= 0.3 is 0 Å². The zero-order valence-electron chi connectivity index (χ0n) is 11.6. The second-order valence-corrected chi connectivity index (χ2v) is 6.03. The van der Waals surface area contributed by atoms with Crippen LogP contribution >= 0.6 is 11.8 Å². The average Bonchev–Trinajstić information content (AvgIpc) is 2.74. The van der Waals surface area contributed by atoms with Crippen molar-refractivity contribution in [3.05, 3.63) is 17.5 Å².